The number of piperidine rings is 1. The molecule has 0 saturated carbocycles. The van der Waals surface area contributed by atoms with Crippen molar-refractivity contribution in [3.63, 3.8) is 0 Å². The molecule has 1 aliphatic heterocycles. The molecular formula is C16H27Cl2N3O. The topological polar surface area (TPSA) is 58.4 Å². The van der Waals surface area contributed by atoms with Crippen LogP contribution >= 0.6 is 24.8 Å². The molecule has 22 heavy (non-hydrogen) atoms. The van der Waals surface area contributed by atoms with Gasteiger partial charge in [0.25, 0.3) is 5.91 Å². The van der Waals surface area contributed by atoms with Crippen molar-refractivity contribution in [1.29, 1.82) is 0 Å². The highest BCUT2D eigenvalue weighted by Gasteiger charge is 2.19. The monoisotopic (exact) mass is 347 g/mol. The van der Waals surface area contributed by atoms with Crippen molar-refractivity contribution in [2.24, 2.45) is 5.92 Å². The lowest BCUT2D eigenvalue weighted by Crippen LogP contribution is -2.39. The summed E-state index contributed by atoms with van der Waals surface area (Å²) < 4.78 is 0. The number of para-hydroxylation sites is 1. The number of hydrogen-bond donors (Lipinski definition) is 2. The standard InChI is InChI=1S/C16H25N3O.2ClH/c1-2-9-19-10-7-13(8-11-19)12-18-16(20)14-5-3-4-6-15(14)17;;/h3-6,13H,2,7-12,17H2,1H3,(H,18,20);2*1H. The maximum atomic E-state index is 12.1. The van der Waals surface area contributed by atoms with Crippen LogP contribution in [0.1, 0.15) is 36.5 Å². The number of carbonyl (C=O) groups is 1. The van der Waals surface area contributed by atoms with Gasteiger partial charge in [0.2, 0.25) is 0 Å². The van der Waals surface area contributed by atoms with Gasteiger partial charge in [-0.1, -0.05) is 19.1 Å². The highest BCUT2D eigenvalue weighted by atomic mass is 35.5. The molecule has 1 amide bonds. The Hall–Kier alpha value is -0.970. The number of amides is 1. The number of nitrogen functional groups attached to an aromatic ring is 1. The maximum absolute atomic E-state index is 12.1. The molecule has 0 aliphatic carbocycles. The molecule has 0 radical (unpaired) electrons. The number of benzene rings is 1. The van der Waals surface area contributed by atoms with Gasteiger partial charge in [-0.3, -0.25) is 4.79 Å². The number of rotatable bonds is 5. The quantitative estimate of drug-likeness (QED) is 0.805. The number of anilines is 1. The highest BCUT2D eigenvalue weighted by molar-refractivity contribution is 5.99. The molecule has 1 heterocycles. The lowest BCUT2D eigenvalue weighted by Gasteiger charge is -2.31. The molecule has 1 saturated heterocycles. The van der Waals surface area contributed by atoms with Gasteiger partial charge in [-0.15, -0.1) is 24.8 Å². The van der Waals surface area contributed by atoms with Crippen LogP contribution in [-0.4, -0.2) is 37.0 Å². The van der Waals surface area contributed by atoms with Gasteiger partial charge in [0, 0.05) is 12.2 Å². The molecule has 1 fully saturated rings. The Kier molecular flexibility index (Phi) is 10.2. The molecule has 0 bridgehead atoms. The average molecular weight is 348 g/mol. The van der Waals surface area contributed by atoms with Crippen LogP contribution in [-0.2, 0) is 0 Å². The molecule has 2 rings (SSSR count). The van der Waals surface area contributed by atoms with E-state index in [4.69, 9.17) is 5.73 Å². The van der Waals surface area contributed by atoms with E-state index < -0.39 is 0 Å². The molecule has 0 unspecified atom stereocenters. The molecule has 1 aromatic carbocycles. The zero-order valence-electron chi connectivity index (χ0n) is 13.1. The fourth-order valence-electron chi connectivity index (χ4n) is 2.77. The summed E-state index contributed by atoms with van der Waals surface area (Å²) in [6.45, 7) is 6.48. The molecule has 4 nitrogen and oxygen atoms in total. The van der Waals surface area contributed by atoms with Crippen molar-refractivity contribution in [3.8, 4) is 0 Å². The number of nitrogens with zero attached hydrogens (tertiary/aromatic N) is 1. The SMILES string of the molecule is CCCN1CCC(CNC(=O)c2ccccc2N)CC1.Cl.Cl. The van der Waals surface area contributed by atoms with Crippen molar-refractivity contribution in [1.82, 2.24) is 10.2 Å². The molecule has 3 N–H and O–H groups in total. The van der Waals surface area contributed by atoms with Gasteiger partial charge in [0.1, 0.15) is 0 Å². The number of nitrogens with one attached hydrogen (secondary N) is 1. The number of nitrogens with two attached hydrogens (primary N) is 1. The Morgan fingerprint density at radius 1 is 1.27 bits per heavy atom. The van der Waals surface area contributed by atoms with Crippen LogP contribution in [0.2, 0.25) is 0 Å². The summed E-state index contributed by atoms with van der Waals surface area (Å²) in [7, 11) is 0. The summed E-state index contributed by atoms with van der Waals surface area (Å²) in [5, 5.41) is 3.02. The van der Waals surface area contributed by atoms with Crippen LogP contribution in [0.4, 0.5) is 5.69 Å². The molecule has 1 aromatic rings. The van der Waals surface area contributed by atoms with Gasteiger partial charge in [-0.05, 0) is 56.9 Å². The summed E-state index contributed by atoms with van der Waals surface area (Å²) in [6, 6.07) is 7.22. The summed E-state index contributed by atoms with van der Waals surface area (Å²) in [6.07, 6.45) is 3.56. The van der Waals surface area contributed by atoms with E-state index >= 15 is 0 Å². The Balaban J connectivity index is 0.00000220. The first-order valence-electron chi connectivity index (χ1n) is 7.55. The summed E-state index contributed by atoms with van der Waals surface area (Å²) >= 11 is 0. The van der Waals surface area contributed by atoms with Gasteiger partial charge < -0.3 is 16.0 Å². The predicted molar refractivity (Wildman–Crippen MR) is 97.1 cm³/mol. The maximum Gasteiger partial charge on any atom is 0.253 e. The fraction of sp³-hybridized carbons (Fsp3) is 0.562. The summed E-state index contributed by atoms with van der Waals surface area (Å²) in [5.74, 6) is 0.538. The second-order valence-corrected chi connectivity index (χ2v) is 5.58. The van der Waals surface area contributed by atoms with E-state index in [2.05, 4.69) is 17.1 Å². The van der Waals surface area contributed by atoms with E-state index in [1.54, 1.807) is 12.1 Å². The molecule has 0 atom stereocenters. The number of halogens is 2. The van der Waals surface area contributed by atoms with E-state index in [9.17, 15) is 4.79 Å². The fourth-order valence-corrected chi connectivity index (χ4v) is 2.77. The van der Waals surface area contributed by atoms with Gasteiger partial charge in [-0.25, -0.2) is 0 Å². The van der Waals surface area contributed by atoms with Crippen molar-refractivity contribution >= 4 is 36.4 Å². The van der Waals surface area contributed by atoms with Crippen molar-refractivity contribution in [3.05, 3.63) is 29.8 Å². The minimum atomic E-state index is -0.0564. The Labute approximate surface area is 145 Å². The second-order valence-electron chi connectivity index (χ2n) is 5.58. The van der Waals surface area contributed by atoms with Crippen molar-refractivity contribution in [2.75, 3.05) is 31.9 Å². The Morgan fingerprint density at radius 2 is 1.91 bits per heavy atom. The van der Waals surface area contributed by atoms with Crippen LogP contribution in [0.15, 0.2) is 24.3 Å². The highest BCUT2D eigenvalue weighted by Crippen LogP contribution is 2.17. The van der Waals surface area contributed by atoms with E-state index in [0.717, 1.165) is 19.6 Å². The number of likely N-dealkylation sites (tertiary alicyclic amines) is 1. The minimum absolute atomic E-state index is 0. The van der Waals surface area contributed by atoms with Crippen LogP contribution in [0, 0.1) is 5.92 Å². The number of hydrogen-bond acceptors (Lipinski definition) is 3. The predicted octanol–water partition coefficient (Wildman–Crippen LogP) is 2.96. The van der Waals surface area contributed by atoms with E-state index in [1.807, 2.05) is 12.1 Å². The molecule has 1 aliphatic rings. The van der Waals surface area contributed by atoms with Gasteiger partial charge in [0.05, 0.1) is 5.56 Å². The molecule has 0 aromatic heterocycles. The lowest BCUT2D eigenvalue weighted by atomic mass is 9.96. The average Bonchev–Trinajstić information content (AvgIpc) is 2.47. The van der Waals surface area contributed by atoms with Gasteiger partial charge in [-0.2, -0.15) is 0 Å². The second kappa shape index (κ2) is 10.7. The first-order valence-corrected chi connectivity index (χ1v) is 7.55. The Bertz CT molecular complexity index is 449. The van der Waals surface area contributed by atoms with Crippen molar-refractivity contribution in [2.45, 2.75) is 26.2 Å². The Morgan fingerprint density at radius 3 is 2.50 bits per heavy atom. The molecule has 6 heteroatoms. The third kappa shape index (κ3) is 6.03. The minimum Gasteiger partial charge on any atom is -0.398 e. The zero-order chi connectivity index (χ0) is 14.4. The third-order valence-corrected chi connectivity index (χ3v) is 4.00. The van der Waals surface area contributed by atoms with Crippen LogP contribution in [0.5, 0.6) is 0 Å². The molecule has 126 valence electrons. The normalized spacial score (nSPS) is 15.5. The van der Waals surface area contributed by atoms with Gasteiger partial charge in [0.15, 0.2) is 0 Å². The van der Waals surface area contributed by atoms with Crippen molar-refractivity contribution < 1.29 is 4.79 Å². The first-order chi connectivity index (χ1) is 9.70. The van der Waals surface area contributed by atoms with Crippen LogP contribution < -0.4 is 11.1 Å². The molecule has 0 spiro atoms. The summed E-state index contributed by atoms with van der Waals surface area (Å²) in [5.41, 5.74) is 6.94. The lowest BCUT2D eigenvalue weighted by molar-refractivity contribution is 0.0937. The zero-order valence-corrected chi connectivity index (χ0v) is 14.7. The van der Waals surface area contributed by atoms with Gasteiger partial charge >= 0.3 is 0 Å². The van der Waals surface area contributed by atoms with Crippen LogP contribution in [0.3, 0.4) is 0 Å². The smallest absolute Gasteiger partial charge is 0.253 e. The molecular weight excluding hydrogens is 321 g/mol. The number of carbonyl (C=O) groups excluding carboxylic acids is 1. The van der Waals surface area contributed by atoms with E-state index in [1.165, 1.54) is 25.8 Å². The summed E-state index contributed by atoms with van der Waals surface area (Å²) in [4.78, 5) is 14.6. The van der Waals surface area contributed by atoms with E-state index in [0.29, 0.717) is 17.2 Å². The van der Waals surface area contributed by atoms with E-state index in [-0.39, 0.29) is 30.7 Å². The third-order valence-electron chi connectivity index (χ3n) is 4.00. The largest absolute Gasteiger partial charge is 0.398 e. The first kappa shape index (κ1) is 21.0. The van der Waals surface area contributed by atoms with Crippen LogP contribution in [0.25, 0.3) is 0 Å².